The van der Waals surface area contributed by atoms with Crippen LogP contribution in [-0.4, -0.2) is 0 Å². The van der Waals surface area contributed by atoms with Gasteiger partial charge in [0.1, 0.15) is 5.82 Å². The molecule has 5 heteroatoms. The predicted octanol–water partition coefficient (Wildman–Crippen LogP) is 3.99. The Morgan fingerprint density at radius 2 is 1.79 bits per heavy atom. The molecule has 0 aliphatic heterocycles. The van der Waals surface area contributed by atoms with Gasteiger partial charge in [-0.25, -0.2) is 9.82 Å². The minimum absolute atomic E-state index is 0.340. The minimum atomic E-state index is -0.523. The standard InChI is InChI=1S/C14H13Cl2FN2/c1-8-2-4-10(12(16)6-8)14(19-18)11-5-3-9(15)7-13(11)17/h2-7,14,19H,18H2,1H3. The molecule has 3 N–H and O–H groups in total. The number of aryl methyl sites for hydroxylation is 1. The van der Waals surface area contributed by atoms with Crippen LogP contribution < -0.4 is 11.3 Å². The molecule has 0 aliphatic carbocycles. The Labute approximate surface area is 121 Å². The highest BCUT2D eigenvalue weighted by atomic mass is 35.5. The van der Waals surface area contributed by atoms with Crippen molar-refractivity contribution in [2.24, 2.45) is 5.84 Å². The van der Waals surface area contributed by atoms with Crippen LogP contribution in [0.3, 0.4) is 0 Å². The summed E-state index contributed by atoms with van der Waals surface area (Å²) in [6.45, 7) is 1.93. The second kappa shape index (κ2) is 5.88. The monoisotopic (exact) mass is 298 g/mol. The maximum absolute atomic E-state index is 14.0. The van der Waals surface area contributed by atoms with Gasteiger partial charge in [-0.1, -0.05) is 41.4 Å². The SMILES string of the molecule is Cc1ccc(C(NN)c2ccc(Cl)cc2F)c(Cl)c1. The molecule has 0 bridgehead atoms. The van der Waals surface area contributed by atoms with E-state index in [9.17, 15) is 4.39 Å². The van der Waals surface area contributed by atoms with Crippen molar-refractivity contribution >= 4 is 23.2 Å². The molecule has 0 aliphatic rings. The fraction of sp³-hybridized carbons (Fsp3) is 0.143. The van der Waals surface area contributed by atoms with Gasteiger partial charge in [-0.2, -0.15) is 0 Å². The normalized spacial score (nSPS) is 12.5. The van der Waals surface area contributed by atoms with Crippen molar-refractivity contribution < 1.29 is 4.39 Å². The molecule has 2 rings (SSSR count). The Morgan fingerprint density at radius 3 is 2.37 bits per heavy atom. The number of benzene rings is 2. The van der Waals surface area contributed by atoms with Gasteiger partial charge in [0.05, 0.1) is 6.04 Å². The van der Waals surface area contributed by atoms with Gasteiger partial charge in [0.2, 0.25) is 0 Å². The highest BCUT2D eigenvalue weighted by Gasteiger charge is 2.19. The first-order valence-corrected chi connectivity index (χ1v) is 6.45. The maximum atomic E-state index is 14.0. The molecular weight excluding hydrogens is 286 g/mol. The number of halogens is 3. The summed E-state index contributed by atoms with van der Waals surface area (Å²) in [6.07, 6.45) is 0. The van der Waals surface area contributed by atoms with Crippen LogP contribution in [0.2, 0.25) is 10.0 Å². The fourth-order valence-corrected chi connectivity index (χ4v) is 2.45. The Balaban J connectivity index is 2.50. The molecule has 2 aromatic rings. The van der Waals surface area contributed by atoms with Crippen molar-refractivity contribution in [1.29, 1.82) is 0 Å². The molecule has 0 fully saturated rings. The van der Waals surface area contributed by atoms with Crippen LogP contribution in [0.5, 0.6) is 0 Å². The van der Waals surface area contributed by atoms with Crippen molar-refractivity contribution in [2.45, 2.75) is 13.0 Å². The minimum Gasteiger partial charge on any atom is -0.271 e. The summed E-state index contributed by atoms with van der Waals surface area (Å²) in [6, 6.07) is 9.49. The fourth-order valence-electron chi connectivity index (χ4n) is 1.95. The van der Waals surface area contributed by atoms with Gasteiger partial charge in [-0.15, -0.1) is 0 Å². The molecule has 0 saturated heterocycles. The Bertz CT molecular complexity index is 550. The summed E-state index contributed by atoms with van der Waals surface area (Å²) >= 11 is 11.9. The second-order valence-electron chi connectivity index (χ2n) is 4.29. The highest BCUT2D eigenvalue weighted by molar-refractivity contribution is 6.31. The highest BCUT2D eigenvalue weighted by Crippen LogP contribution is 2.30. The Kier molecular flexibility index (Phi) is 4.42. The van der Waals surface area contributed by atoms with Gasteiger partial charge in [0, 0.05) is 15.6 Å². The molecule has 19 heavy (non-hydrogen) atoms. The van der Waals surface area contributed by atoms with E-state index in [0.29, 0.717) is 15.6 Å². The van der Waals surface area contributed by atoms with Crippen molar-refractivity contribution in [1.82, 2.24) is 5.43 Å². The lowest BCUT2D eigenvalue weighted by molar-refractivity contribution is 0.560. The second-order valence-corrected chi connectivity index (χ2v) is 5.13. The number of hydrogen-bond donors (Lipinski definition) is 2. The molecular formula is C14H13Cl2FN2. The van der Waals surface area contributed by atoms with Crippen LogP contribution >= 0.6 is 23.2 Å². The van der Waals surface area contributed by atoms with Crippen molar-refractivity contribution in [2.75, 3.05) is 0 Å². The molecule has 0 radical (unpaired) electrons. The zero-order valence-electron chi connectivity index (χ0n) is 10.3. The smallest absolute Gasteiger partial charge is 0.129 e. The summed E-state index contributed by atoms with van der Waals surface area (Å²) < 4.78 is 14.0. The van der Waals surface area contributed by atoms with Gasteiger partial charge >= 0.3 is 0 Å². The summed E-state index contributed by atoms with van der Waals surface area (Å²) in [4.78, 5) is 0. The van der Waals surface area contributed by atoms with Crippen molar-refractivity contribution in [3.63, 3.8) is 0 Å². The van der Waals surface area contributed by atoms with E-state index in [4.69, 9.17) is 29.0 Å². The number of rotatable bonds is 3. The van der Waals surface area contributed by atoms with Crippen LogP contribution in [0.4, 0.5) is 4.39 Å². The molecule has 100 valence electrons. The van der Waals surface area contributed by atoms with E-state index in [1.807, 2.05) is 25.1 Å². The maximum Gasteiger partial charge on any atom is 0.129 e. The summed E-state index contributed by atoms with van der Waals surface area (Å²) in [5.74, 6) is 5.12. The zero-order valence-corrected chi connectivity index (χ0v) is 11.8. The van der Waals surface area contributed by atoms with Crippen molar-refractivity contribution in [3.8, 4) is 0 Å². The molecule has 2 nitrogen and oxygen atoms in total. The van der Waals surface area contributed by atoms with E-state index in [-0.39, 0.29) is 0 Å². The summed E-state index contributed by atoms with van der Waals surface area (Å²) in [5.41, 5.74) is 4.74. The van der Waals surface area contributed by atoms with Crippen molar-refractivity contribution in [3.05, 3.63) is 69.0 Å². The van der Waals surface area contributed by atoms with E-state index in [0.717, 1.165) is 11.1 Å². The first kappa shape index (κ1) is 14.3. The van der Waals surface area contributed by atoms with E-state index in [1.165, 1.54) is 6.07 Å². The number of nitrogens with two attached hydrogens (primary N) is 1. The van der Waals surface area contributed by atoms with Crippen LogP contribution in [0.25, 0.3) is 0 Å². The largest absolute Gasteiger partial charge is 0.271 e. The number of hydrogen-bond acceptors (Lipinski definition) is 2. The van der Waals surface area contributed by atoms with E-state index in [2.05, 4.69) is 5.43 Å². The first-order chi connectivity index (χ1) is 9.02. The first-order valence-electron chi connectivity index (χ1n) is 5.70. The quantitative estimate of drug-likeness (QED) is 0.664. The summed E-state index contributed by atoms with van der Waals surface area (Å²) in [7, 11) is 0. The topological polar surface area (TPSA) is 38.0 Å². The Hall–Kier alpha value is -1.13. The average molecular weight is 299 g/mol. The third kappa shape index (κ3) is 3.07. The van der Waals surface area contributed by atoms with Crippen LogP contribution in [-0.2, 0) is 0 Å². The molecule has 2 aromatic carbocycles. The van der Waals surface area contributed by atoms with Gasteiger partial charge in [0.25, 0.3) is 0 Å². The molecule has 0 amide bonds. The third-order valence-electron chi connectivity index (χ3n) is 2.91. The van der Waals surface area contributed by atoms with E-state index < -0.39 is 11.9 Å². The Morgan fingerprint density at radius 1 is 1.11 bits per heavy atom. The van der Waals surface area contributed by atoms with Gasteiger partial charge in [-0.05, 0) is 36.2 Å². The third-order valence-corrected chi connectivity index (χ3v) is 3.47. The lowest BCUT2D eigenvalue weighted by Crippen LogP contribution is -2.29. The zero-order chi connectivity index (χ0) is 14.0. The average Bonchev–Trinajstić information content (AvgIpc) is 2.34. The van der Waals surface area contributed by atoms with E-state index in [1.54, 1.807) is 12.1 Å². The molecule has 0 heterocycles. The summed E-state index contributed by atoms with van der Waals surface area (Å²) in [5, 5.41) is 0.879. The van der Waals surface area contributed by atoms with Gasteiger partial charge in [0.15, 0.2) is 0 Å². The molecule has 1 unspecified atom stereocenters. The number of nitrogens with one attached hydrogen (secondary N) is 1. The molecule has 0 saturated carbocycles. The molecule has 0 spiro atoms. The number of hydrazine groups is 1. The van der Waals surface area contributed by atoms with Crippen LogP contribution in [0.15, 0.2) is 36.4 Å². The van der Waals surface area contributed by atoms with Gasteiger partial charge < -0.3 is 0 Å². The van der Waals surface area contributed by atoms with Crippen LogP contribution in [0.1, 0.15) is 22.7 Å². The van der Waals surface area contributed by atoms with E-state index >= 15 is 0 Å². The molecule has 1 atom stereocenters. The van der Waals surface area contributed by atoms with Crippen LogP contribution in [0, 0.1) is 12.7 Å². The molecule has 0 aromatic heterocycles. The van der Waals surface area contributed by atoms with Gasteiger partial charge in [-0.3, -0.25) is 5.84 Å². The lowest BCUT2D eigenvalue weighted by atomic mass is 9.98. The predicted molar refractivity (Wildman–Crippen MR) is 76.8 cm³/mol. The lowest BCUT2D eigenvalue weighted by Gasteiger charge is -2.19.